The molecule has 6 nitrogen and oxygen atoms in total. The van der Waals surface area contributed by atoms with Gasteiger partial charge in [-0.25, -0.2) is 9.59 Å². The molecule has 0 bridgehead atoms. The first-order valence-corrected chi connectivity index (χ1v) is 5.75. The second-order valence-corrected chi connectivity index (χ2v) is 4.02. The van der Waals surface area contributed by atoms with E-state index < -0.39 is 18.0 Å². The maximum Gasteiger partial charge on any atom is 0.326 e. The fraction of sp³-hybridized carbons (Fsp3) is 0.818. The largest absolute Gasteiger partial charge is 0.480 e. The van der Waals surface area contributed by atoms with Crippen molar-refractivity contribution < 1.29 is 19.4 Å². The van der Waals surface area contributed by atoms with Gasteiger partial charge in [0.05, 0.1) is 12.7 Å². The highest BCUT2D eigenvalue weighted by Crippen LogP contribution is 2.01. The van der Waals surface area contributed by atoms with E-state index in [0.717, 1.165) is 0 Å². The lowest BCUT2D eigenvalue weighted by molar-refractivity contribution is -0.141. The zero-order chi connectivity index (χ0) is 13.4. The van der Waals surface area contributed by atoms with Crippen LogP contribution in [0, 0.1) is 0 Å². The van der Waals surface area contributed by atoms with Crippen molar-refractivity contribution in [3.05, 3.63) is 0 Å². The highest BCUT2D eigenvalue weighted by molar-refractivity contribution is 5.82. The van der Waals surface area contributed by atoms with Crippen molar-refractivity contribution >= 4 is 12.0 Å². The molecule has 0 aromatic rings. The summed E-state index contributed by atoms with van der Waals surface area (Å²) >= 11 is 0. The highest BCUT2D eigenvalue weighted by Gasteiger charge is 2.24. The molecule has 1 unspecified atom stereocenters. The van der Waals surface area contributed by atoms with E-state index in [1.807, 2.05) is 13.8 Å². The van der Waals surface area contributed by atoms with Crippen LogP contribution in [0.4, 0.5) is 4.79 Å². The van der Waals surface area contributed by atoms with Gasteiger partial charge in [-0.1, -0.05) is 6.92 Å². The molecule has 0 aliphatic carbocycles. The van der Waals surface area contributed by atoms with E-state index in [4.69, 9.17) is 9.84 Å². The molecule has 100 valence electrons. The van der Waals surface area contributed by atoms with Crippen molar-refractivity contribution in [1.82, 2.24) is 10.2 Å². The van der Waals surface area contributed by atoms with Crippen LogP contribution >= 0.6 is 0 Å². The first-order valence-electron chi connectivity index (χ1n) is 5.75. The van der Waals surface area contributed by atoms with Gasteiger partial charge in [0.2, 0.25) is 0 Å². The van der Waals surface area contributed by atoms with Crippen molar-refractivity contribution in [3.8, 4) is 0 Å². The number of carbonyl (C=O) groups excluding carboxylic acids is 1. The Morgan fingerprint density at radius 3 is 2.41 bits per heavy atom. The molecule has 1 atom stereocenters. The van der Waals surface area contributed by atoms with Crippen molar-refractivity contribution in [3.63, 3.8) is 0 Å². The third-order valence-corrected chi connectivity index (χ3v) is 2.29. The van der Waals surface area contributed by atoms with Gasteiger partial charge in [0.1, 0.15) is 6.04 Å². The standard InChI is InChI=1S/C11H22N2O4/c1-5-9(10(14)15)13(4)11(16)12-6-7-17-8(2)3/h8-9H,5-7H2,1-4H3,(H,12,16)(H,14,15). The van der Waals surface area contributed by atoms with Crippen LogP contribution in [0.1, 0.15) is 27.2 Å². The van der Waals surface area contributed by atoms with Crippen LogP contribution in [0.5, 0.6) is 0 Å². The lowest BCUT2D eigenvalue weighted by Crippen LogP contribution is -2.47. The van der Waals surface area contributed by atoms with Gasteiger partial charge >= 0.3 is 12.0 Å². The number of aliphatic carboxylic acids is 1. The van der Waals surface area contributed by atoms with Gasteiger partial charge in [0, 0.05) is 13.6 Å². The average Bonchev–Trinajstić information content (AvgIpc) is 2.24. The number of likely N-dealkylation sites (N-methyl/N-ethyl adjacent to an activating group) is 1. The molecule has 0 aromatic carbocycles. The Bertz CT molecular complexity index is 256. The smallest absolute Gasteiger partial charge is 0.326 e. The molecule has 0 aliphatic rings. The summed E-state index contributed by atoms with van der Waals surface area (Å²) in [5, 5.41) is 11.5. The third kappa shape index (κ3) is 6.11. The zero-order valence-corrected chi connectivity index (χ0v) is 10.9. The second kappa shape index (κ2) is 7.89. The molecule has 0 saturated heterocycles. The topological polar surface area (TPSA) is 78.9 Å². The molecule has 2 N–H and O–H groups in total. The number of hydrogen-bond acceptors (Lipinski definition) is 3. The molecule has 0 heterocycles. The Hall–Kier alpha value is -1.30. The number of nitrogens with zero attached hydrogens (tertiary/aromatic N) is 1. The maximum absolute atomic E-state index is 11.6. The fourth-order valence-electron chi connectivity index (χ4n) is 1.33. The molecule has 0 radical (unpaired) electrons. The predicted octanol–water partition coefficient (Wildman–Crippen LogP) is 0.916. The Labute approximate surface area is 102 Å². The number of hydrogen-bond donors (Lipinski definition) is 2. The minimum Gasteiger partial charge on any atom is -0.480 e. The zero-order valence-electron chi connectivity index (χ0n) is 10.9. The van der Waals surface area contributed by atoms with Crippen LogP contribution in [0.25, 0.3) is 0 Å². The van der Waals surface area contributed by atoms with Gasteiger partial charge in [-0.05, 0) is 20.3 Å². The van der Waals surface area contributed by atoms with Gasteiger partial charge < -0.3 is 20.1 Å². The SMILES string of the molecule is CCC(C(=O)O)N(C)C(=O)NCCOC(C)C. The van der Waals surface area contributed by atoms with E-state index in [0.29, 0.717) is 19.6 Å². The van der Waals surface area contributed by atoms with Crippen molar-refractivity contribution in [1.29, 1.82) is 0 Å². The first-order chi connectivity index (χ1) is 7.90. The van der Waals surface area contributed by atoms with Crippen LogP contribution in [0.15, 0.2) is 0 Å². The lowest BCUT2D eigenvalue weighted by Gasteiger charge is -2.24. The van der Waals surface area contributed by atoms with Crippen LogP contribution < -0.4 is 5.32 Å². The molecule has 0 saturated carbocycles. The Balaban J connectivity index is 4.00. The number of rotatable bonds is 7. The van der Waals surface area contributed by atoms with E-state index in [-0.39, 0.29) is 6.10 Å². The monoisotopic (exact) mass is 246 g/mol. The van der Waals surface area contributed by atoms with Crippen molar-refractivity contribution in [2.75, 3.05) is 20.2 Å². The first kappa shape index (κ1) is 15.7. The second-order valence-electron chi connectivity index (χ2n) is 4.02. The molecule has 6 heteroatoms. The average molecular weight is 246 g/mol. The molecular weight excluding hydrogens is 224 g/mol. The number of ether oxygens (including phenoxy) is 1. The molecule has 0 aliphatic heterocycles. The van der Waals surface area contributed by atoms with Crippen LogP contribution in [-0.4, -0.2) is 54.4 Å². The van der Waals surface area contributed by atoms with E-state index in [1.54, 1.807) is 6.92 Å². The van der Waals surface area contributed by atoms with Crippen LogP contribution in [-0.2, 0) is 9.53 Å². The van der Waals surface area contributed by atoms with Crippen molar-refractivity contribution in [2.24, 2.45) is 0 Å². The summed E-state index contributed by atoms with van der Waals surface area (Å²) < 4.78 is 5.26. The molecule has 0 spiro atoms. The summed E-state index contributed by atoms with van der Waals surface area (Å²) in [6.07, 6.45) is 0.494. The minimum absolute atomic E-state index is 0.118. The van der Waals surface area contributed by atoms with Gasteiger partial charge in [-0.15, -0.1) is 0 Å². The quantitative estimate of drug-likeness (QED) is 0.655. The van der Waals surface area contributed by atoms with E-state index in [1.165, 1.54) is 11.9 Å². The summed E-state index contributed by atoms with van der Waals surface area (Å²) in [5.41, 5.74) is 0. The summed E-state index contributed by atoms with van der Waals surface area (Å²) in [6.45, 7) is 6.33. The van der Waals surface area contributed by atoms with Crippen LogP contribution in [0.3, 0.4) is 0 Å². The molecule has 2 amide bonds. The van der Waals surface area contributed by atoms with Gasteiger partial charge in [-0.3, -0.25) is 0 Å². The Morgan fingerprint density at radius 1 is 1.41 bits per heavy atom. The van der Waals surface area contributed by atoms with Gasteiger partial charge in [0.15, 0.2) is 0 Å². The molecule has 17 heavy (non-hydrogen) atoms. The molecular formula is C11H22N2O4. The summed E-state index contributed by atoms with van der Waals surface area (Å²) in [6, 6.07) is -1.19. The van der Waals surface area contributed by atoms with E-state index in [2.05, 4.69) is 5.32 Å². The van der Waals surface area contributed by atoms with Gasteiger partial charge in [-0.2, -0.15) is 0 Å². The summed E-state index contributed by atoms with van der Waals surface area (Å²) in [7, 11) is 1.47. The Kier molecular flexibility index (Phi) is 7.29. The number of carbonyl (C=O) groups is 2. The van der Waals surface area contributed by atoms with E-state index in [9.17, 15) is 9.59 Å². The van der Waals surface area contributed by atoms with Crippen LogP contribution in [0.2, 0.25) is 0 Å². The third-order valence-electron chi connectivity index (χ3n) is 2.29. The van der Waals surface area contributed by atoms with E-state index >= 15 is 0 Å². The Morgan fingerprint density at radius 2 is 2.00 bits per heavy atom. The fourth-order valence-corrected chi connectivity index (χ4v) is 1.33. The number of urea groups is 1. The van der Waals surface area contributed by atoms with Gasteiger partial charge in [0.25, 0.3) is 0 Å². The molecule has 0 fully saturated rings. The molecule has 0 rings (SSSR count). The number of carboxylic acids is 1. The van der Waals surface area contributed by atoms with Crippen molar-refractivity contribution in [2.45, 2.75) is 39.3 Å². The predicted molar refractivity (Wildman–Crippen MR) is 64.0 cm³/mol. The lowest BCUT2D eigenvalue weighted by atomic mass is 10.2. The normalized spacial score (nSPS) is 12.3. The summed E-state index contributed by atoms with van der Waals surface area (Å²) in [5.74, 6) is -0.997. The summed E-state index contributed by atoms with van der Waals surface area (Å²) in [4.78, 5) is 23.6. The number of carboxylic acid groups (broad SMARTS) is 1. The number of amides is 2. The highest BCUT2D eigenvalue weighted by atomic mass is 16.5. The maximum atomic E-state index is 11.6. The minimum atomic E-state index is -0.997. The number of nitrogens with one attached hydrogen (secondary N) is 1. The molecule has 0 aromatic heterocycles.